The molecule has 1 N–H and O–H groups in total. The zero-order chi connectivity index (χ0) is 22.9. The number of aliphatic hydroxyl groups is 1. The van der Waals surface area contributed by atoms with E-state index in [0.717, 1.165) is 17.5 Å². The van der Waals surface area contributed by atoms with Gasteiger partial charge in [-0.25, -0.2) is 4.39 Å². The second-order valence-corrected chi connectivity index (χ2v) is 7.98. The van der Waals surface area contributed by atoms with Gasteiger partial charge in [-0.05, 0) is 37.6 Å². The molecule has 1 saturated heterocycles. The standard InChI is InChI=1S/C24H32FN3O4/c1-4-12-31-17-21(29)15-28(18(3)5-2)16-22-23(19-6-8-20(25)9-7-19)26-32-24(22)27-10-13-30-14-11-27/h1,6-9,18,21,29H,5,10-17H2,2-3H3. The molecule has 1 aliphatic rings. The molecular weight excluding hydrogens is 413 g/mol. The fraction of sp³-hybridized carbons (Fsp3) is 0.542. The van der Waals surface area contributed by atoms with E-state index >= 15 is 0 Å². The Hall–Kier alpha value is -2.44. The molecule has 0 aliphatic carbocycles. The van der Waals surface area contributed by atoms with Gasteiger partial charge >= 0.3 is 0 Å². The van der Waals surface area contributed by atoms with Gasteiger partial charge in [0.1, 0.15) is 18.1 Å². The molecule has 2 heterocycles. The third-order valence-electron chi connectivity index (χ3n) is 5.70. The largest absolute Gasteiger partial charge is 0.389 e. The molecule has 8 heteroatoms. The van der Waals surface area contributed by atoms with Crippen molar-refractivity contribution in [2.45, 2.75) is 39.0 Å². The van der Waals surface area contributed by atoms with Crippen LogP contribution >= 0.6 is 0 Å². The van der Waals surface area contributed by atoms with Crippen molar-refractivity contribution in [3.63, 3.8) is 0 Å². The number of ether oxygens (including phenoxy) is 2. The van der Waals surface area contributed by atoms with Crippen LogP contribution < -0.4 is 4.90 Å². The molecule has 7 nitrogen and oxygen atoms in total. The average molecular weight is 446 g/mol. The van der Waals surface area contributed by atoms with Crippen LogP contribution in [0.1, 0.15) is 25.8 Å². The summed E-state index contributed by atoms with van der Waals surface area (Å²) in [5.74, 6) is 2.80. The first-order chi connectivity index (χ1) is 15.5. The first kappa shape index (κ1) is 24.2. The molecule has 0 amide bonds. The van der Waals surface area contributed by atoms with Crippen LogP contribution in [0.4, 0.5) is 10.3 Å². The van der Waals surface area contributed by atoms with Crippen molar-refractivity contribution in [1.29, 1.82) is 0 Å². The third kappa shape index (κ3) is 6.30. The fourth-order valence-corrected chi connectivity index (χ4v) is 3.73. The summed E-state index contributed by atoms with van der Waals surface area (Å²) in [7, 11) is 0. The molecule has 0 saturated carbocycles. The summed E-state index contributed by atoms with van der Waals surface area (Å²) in [4.78, 5) is 4.31. The molecule has 2 aromatic rings. The molecule has 1 aromatic carbocycles. The van der Waals surface area contributed by atoms with Crippen molar-refractivity contribution in [1.82, 2.24) is 10.1 Å². The number of nitrogens with zero attached hydrogens (tertiary/aromatic N) is 3. The number of hydrogen-bond donors (Lipinski definition) is 1. The van der Waals surface area contributed by atoms with Crippen LogP contribution in [0.2, 0.25) is 0 Å². The first-order valence-electron chi connectivity index (χ1n) is 11.0. The first-order valence-corrected chi connectivity index (χ1v) is 11.0. The topological polar surface area (TPSA) is 71.2 Å². The van der Waals surface area contributed by atoms with Crippen molar-refractivity contribution < 1.29 is 23.5 Å². The molecule has 174 valence electrons. The van der Waals surface area contributed by atoms with Gasteiger partial charge in [-0.15, -0.1) is 6.42 Å². The zero-order valence-corrected chi connectivity index (χ0v) is 18.8. The second kappa shape index (κ2) is 12.0. The lowest BCUT2D eigenvalue weighted by Crippen LogP contribution is -2.41. The summed E-state index contributed by atoms with van der Waals surface area (Å²) in [6.45, 7) is 8.14. The fourth-order valence-electron chi connectivity index (χ4n) is 3.73. The Morgan fingerprint density at radius 2 is 2.03 bits per heavy atom. The molecule has 1 aliphatic heterocycles. The third-order valence-corrected chi connectivity index (χ3v) is 5.70. The molecule has 0 spiro atoms. The maximum atomic E-state index is 13.5. The van der Waals surface area contributed by atoms with E-state index in [4.69, 9.17) is 20.4 Å². The van der Waals surface area contributed by atoms with Crippen molar-refractivity contribution in [3.8, 4) is 23.6 Å². The number of aliphatic hydroxyl groups excluding tert-OH is 1. The predicted octanol–water partition coefficient (Wildman–Crippen LogP) is 2.93. The lowest BCUT2D eigenvalue weighted by atomic mass is 10.0. The number of rotatable bonds is 11. The highest BCUT2D eigenvalue weighted by Gasteiger charge is 2.27. The highest BCUT2D eigenvalue weighted by atomic mass is 19.1. The summed E-state index contributed by atoms with van der Waals surface area (Å²) in [6, 6.07) is 6.44. The van der Waals surface area contributed by atoms with Gasteiger partial charge in [0.25, 0.3) is 0 Å². The number of anilines is 1. The van der Waals surface area contributed by atoms with Crippen LogP contribution in [0.3, 0.4) is 0 Å². The van der Waals surface area contributed by atoms with Gasteiger partial charge in [-0.1, -0.05) is 18.0 Å². The monoisotopic (exact) mass is 445 g/mol. The van der Waals surface area contributed by atoms with E-state index in [-0.39, 0.29) is 25.1 Å². The van der Waals surface area contributed by atoms with Crippen LogP contribution in [0, 0.1) is 18.2 Å². The highest BCUT2D eigenvalue weighted by molar-refractivity contribution is 5.68. The van der Waals surface area contributed by atoms with Crippen molar-refractivity contribution >= 4 is 5.88 Å². The van der Waals surface area contributed by atoms with Crippen LogP contribution in [0.25, 0.3) is 11.3 Å². The molecule has 32 heavy (non-hydrogen) atoms. The van der Waals surface area contributed by atoms with Gasteiger partial charge in [-0.2, -0.15) is 0 Å². The van der Waals surface area contributed by atoms with Crippen LogP contribution in [0.15, 0.2) is 28.8 Å². The minimum absolute atomic E-state index is 0.169. The van der Waals surface area contributed by atoms with Crippen molar-refractivity contribution in [2.24, 2.45) is 0 Å². The minimum atomic E-state index is -0.682. The van der Waals surface area contributed by atoms with Crippen LogP contribution in [-0.2, 0) is 16.0 Å². The number of terminal acetylenes is 1. The molecule has 2 unspecified atom stereocenters. The SMILES string of the molecule is C#CCOCC(O)CN(Cc1c(-c2ccc(F)cc2)noc1N1CCOCC1)C(C)CC. The molecule has 1 fully saturated rings. The summed E-state index contributed by atoms with van der Waals surface area (Å²) < 4.78 is 30.1. The van der Waals surface area contributed by atoms with Gasteiger partial charge in [0.2, 0.25) is 5.88 Å². The molecular formula is C24H32FN3O4. The van der Waals surface area contributed by atoms with E-state index in [0.29, 0.717) is 51.0 Å². The van der Waals surface area contributed by atoms with Gasteiger partial charge in [0, 0.05) is 37.8 Å². The summed E-state index contributed by atoms with van der Waals surface area (Å²) in [5, 5.41) is 14.9. The van der Waals surface area contributed by atoms with Gasteiger partial charge in [-0.3, -0.25) is 4.90 Å². The molecule has 0 bridgehead atoms. The Balaban J connectivity index is 1.89. The lowest BCUT2D eigenvalue weighted by Gasteiger charge is -2.32. The predicted molar refractivity (Wildman–Crippen MR) is 121 cm³/mol. The summed E-state index contributed by atoms with van der Waals surface area (Å²) >= 11 is 0. The number of aromatic nitrogens is 1. The highest BCUT2D eigenvalue weighted by Crippen LogP contribution is 2.33. The van der Waals surface area contributed by atoms with Crippen molar-refractivity contribution in [3.05, 3.63) is 35.6 Å². The Kier molecular flexibility index (Phi) is 9.06. The van der Waals surface area contributed by atoms with Gasteiger partial charge in [0.05, 0.1) is 31.5 Å². The quantitative estimate of drug-likeness (QED) is 0.421. The minimum Gasteiger partial charge on any atom is -0.389 e. The van der Waals surface area contributed by atoms with Gasteiger partial charge in [0.15, 0.2) is 0 Å². The summed E-state index contributed by atoms with van der Waals surface area (Å²) in [5.41, 5.74) is 2.38. The van der Waals surface area contributed by atoms with Crippen LogP contribution in [-0.4, -0.2) is 73.4 Å². The van der Waals surface area contributed by atoms with E-state index in [1.807, 2.05) is 0 Å². The Morgan fingerprint density at radius 3 is 2.69 bits per heavy atom. The number of benzene rings is 1. The van der Waals surface area contributed by atoms with Crippen LogP contribution in [0.5, 0.6) is 0 Å². The zero-order valence-electron chi connectivity index (χ0n) is 18.8. The van der Waals surface area contributed by atoms with Gasteiger partial charge < -0.3 is 24.0 Å². The lowest BCUT2D eigenvalue weighted by molar-refractivity contribution is 0.0170. The maximum Gasteiger partial charge on any atom is 0.232 e. The summed E-state index contributed by atoms with van der Waals surface area (Å²) in [6.07, 6.45) is 5.45. The van der Waals surface area contributed by atoms with E-state index in [2.05, 4.69) is 34.7 Å². The van der Waals surface area contributed by atoms with Crippen molar-refractivity contribution in [2.75, 3.05) is 51.0 Å². The molecule has 2 atom stereocenters. The van der Waals surface area contributed by atoms with E-state index in [9.17, 15) is 9.50 Å². The molecule has 3 rings (SSSR count). The Bertz CT molecular complexity index is 874. The maximum absolute atomic E-state index is 13.5. The number of morpholine rings is 1. The average Bonchev–Trinajstić information content (AvgIpc) is 3.23. The molecule has 1 aromatic heterocycles. The number of halogens is 1. The normalized spacial score (nSPS) is 16.2. The van der Waals surface area contributed by atoms with E-state index in [1.165, 1.54) is 12.1 Å². The Labute approximate surface area is 189 Å². The molecule has 0 radical (unpaired) electrons. The number of hydrogen-bond acceptors (Lipinski definition) is 7. The second-order valence-electron chi connectivity index (χ2n) is 7.98. The Morgan fingerprint density at radius 1 is 1.31 bits per heavy atom. The van der Waals surface area contributed by atoms with E-state index in [1.54, 1.807) is 12.1 Å². The smallest absolute Gasteiger partial charge is 0.232 e. The van der Waals surface area contributed by atoms with E-state index < -0.39 is 6.10 Å².